The molecule has 0 saturated heterocycles. The lowest BCUT2D eigenvalue weighted by atomic mass is 9.90. The minimum Gasteiger partial charge on any atom is -0.508 e. The Morgan fingerprint density at radius 3 is 2.62 bits per heavy atom. The summed E-state index contributed by atoms with van der Waals surface area (Å²) in [6, 6.07) is 14.5. The Morgan fingerprint density at radius 2 is 1.96 bits per heavy atom. The molecule has 120 valence electrons. The molecule has 0 amide bonds. The molecule has 2 aromatic heterocycles. The Bertz CT molecular complexity index is 841. The fraction of sp³-hybridized carbons (Fsp3) is 0.105. The summed E-state index contributed by atoms with van der Waals surface area (Å²) in [4.78, 5) is 29.4. The number of rotatable bonds is 6. The van der Waals surface area contributed by atoms with Crippen LogP contribution in [0.3, 0.4) is 0 Å². The highest BCUT2D eigenvalue weighted by Gasteiger charge is 2.28. The third-order valence-corrected chi connectivity index (χ3v) is 3.68. The first-order valence-corrected chi connectivity index (χ1v) is 7.46. The largest absolute Gasteiger partial charge is 0.508 e. The molecule has 0 bridgehead atoms. The van der Waals surface area contributed by atoms with Crippen LogP contribution in [0, 0.1) is 0 Å². The molecule has 5 heteroatoms. The molecular formula is C19H15NO4. The van der Waals surface area contributed by atoms with Gasteiger partial charge in [0, 0.05) is 18.2 Å². The number of ketones is 2. The maximum absolute atomic E-state index is 12.7. The minimum atomic E-state index is -0.743. The van der Waals surface area contributed by atoms with E-state index in [1.54, 1.807) is 48.7 Å². The van der Waals surface area contributed by atoms with Crippen molar-refractivity contribution in [3.8, 4) is 5.75 Å². The molecule has 1 N–H and O–H groups in total. The van der Waals surface area contributed by atoms with Gasteiger partial charge >= 0.3 is 0 Å². The highest BCUT2D eigenvalue weighted by molar-refractivity contribution is 6.04. The summed E-state index contributed by atoms with van der Waals surface area (Å²) in [5, 5.41) is 9.53. The van der Waals surface area contributed by atoms with Gasteiger partial charge in [0.05, 0.1) is 17.9 Å². The van der Waals surface area contributed by atoms with Gasteiger partial charge in [-0.25, -0.2) is 0 Å². The van der Waals surface area contributed by atoms with Gasteiger partial charge in [-0.15, -0.1) is 0 Å². The standard InChI is InChI=1S/C19H15NO4/c21-14-6-3-5-13(11-14)17(22)12-15(16-7-1-2-9-20-16)19(23)18-8-4-10-24-18/h1-11,15,21H,12H2. The van der Waals surface area contributed by atoms with E-state index in [4.69, 9.17) is 4.42 Å². The van der Waals surface area contributed by atoms with Gasteiger partial charge in [-0.3, -0.25) is 14.6 Å². The predicted octanol–water partition coefficient (Wildman–Crippen LogP) is 3.62. The third-order valence-electron chi connectivity index (χ3n) is 3.68. The van der Waals surface area contributed by atoms with Crippen molar-refractivity contribution in [1.82, 2.24) is 4.98 Å². The average Bonchev–Trinajstić information content (AvgIpc) is 3.14. The summed E-state index contributed by atoms with van der Waals surface area (Å²) in [5.41, 5.74) is 0.857. The van der Waals surface area contributed by atoms with Gasteiger partial charge in [0.15, 0.2) is 11.5 Å². The normalized spacial score (nSPS) is 11.8. The zero-order valence-electron chi connectivity index (χ0n) is 12.8. The zero-order valence-corrected chi connectivity index (χ0v) is 12.8. The minimum absolute atomic E-state index is 0.00703. The average molecular weight is 321 g/mol. The molecule has 0 radical (unpaired) electrons. The summed E-state index contributed by atoms with van der Waals surface area (Å²) in [5.74, 6) is -1.09. The number of aromatic nitrogens is 1. The first-order chi connectivity index (χ1) is 11.6. The zero-order chi connectivity index (χ0) is 16.9. The Hall–Kier alpha value is -3.21. The van der Waals surface area contributed by atoms with Gasteiger partial charge in [0.2, 0.25) is 5.78 Å². The smallest absolute Gasteiger partial charge is 0.207 e. The van der Waals surface area contributed by atoms with E-state index in [1.807, 2.05) is 0 Å². The van der Waals surface area contributed by atoms with Crippen molar-refractivity contribution in [3.63, 3.8) is 0 Å². The van der Waals surface area contributed by atoms with Crippen molar-refractivity contribution in [2.45, 2.75) is 12.3 Å². The number of nitrogens with zero attached hydrogens (tertiary/aromatic N) is 1. The molecule has 24 heavy (non-hydrogen) atoms. The highest BCUT2D eigenvalue weighted by Crippen LogP contribution is 2.25. The van der Waals surface area contributed by atoms with Crippen molar-refractivity contribution < 1.29 is 19.1 Å². The van der Waals surface area contributed by atoms with E-state index in [9.17, 15) is 14.7 Å². The molecule has 0 saturated carbocycles. The van der Waals surface area contributed by atoms with Crippen molar-refractivity contribution in [1.29, 1.82) is 0 Å². The molecule has 3 rings (SSSR count). The maximum Gasteiger partial charge on any atom is 0.207 e. The van der Waals surface area contributed by atoms with Crippen LogP contribution in [0.1, 0.15) is 38.9 Å². The number of carbonyl (C=O) groups excluding carboxylic acids is 2. The van der Waals surface area contributed by atoms with Crippen molar-refractivity contribution in [2.24, 2.45) is 0 Å². The quantitative estimate of drug-likeness (QED) is 0.701. The van der Waals surface area contributed by atoms with E-state index < -0.39 is 5.92 Å². The molecule has 0 aliphatic rings. The second kappa shape index (κ2) is 6.91. The van der Waals surface area contributed by atoms with Crippen LogP contribution in [-0.4, -0.2) is 21.7 Å². The molecule has 0 aliphatic heterocycles. The topological polar surface area (TPSA) is 80.4 Å². The highest BCUT2D eigenvalue weighted by atomic mass is 16.3. The van der Waals surface area contributed by atoms with Crippen LogP contribution < -0.4 is 0 Å². The lowest BCUT2D eigenvalue weighted by Crippen LogP contribution is -2.18. The van der Waals surface area contributed by atoms with E-state index in [0.29, 0.717) is 11.3 Å². The summed E-state index contributed by atoms with van der Waals surface area (Å²) < 4.78 is 5.18. The maximum atomic E-state index is 12.7. The van der Waals surface area contributed by atoms with Gasteiger partial charge in [-0.1, -0.05) is 18.2 Å². The van der Waals surface area contributed by atoms with Gasteiger partial charge in [-0.2, -0.15) is 0 Å². The lowest BCUT2D eigenvalue weighted by molar-refractivity contribution is 0.0874. The molecule has 2 heterocycles. The Balaban J connectivity index is 1.90. The number of phenolic OH excluding ortho intramolecular Hbond substituents is 1. The number of phenols is 1. The lowest BCUT2D eigenvalue weighted by Gasteiger charge is -2.13. The second-order valence-electron chi connectivity index (χ2n) is 5.33. The van der Waals surface area contributed by atoms with Crippen LogP contribution >= 0.6 is 0 Å². The number of hydrogen-bond donors (Lipinski definition) is 1. The van der Waals surface area contributed by atoms with Gasteiger partial charge in [-0.05, 0) is 36.4 Å². The summed E-state index contributed by atoms with van der Waals surface area (Å²) >= 11 is 0. The Morgan fingerprint density at radius 1 is 1.08 bits per heavy atom. The van der Waals surface area contributed by atoms with Crippen molar-refractivity contribution in [2.75, 3.05) is 0 Å². The monoisotopic (exact) mass is 321 g/mol. The number of aromatic hydroxyl groups is 1. The second-order valence-corrected chi connectivity index (χ2v) is 5.33. The van der Waals surface area contributed by atoms with Gasteiger partial charge < -0.3 is 9.52 Å². The summed E-state index contributed by atoms with van der Waals surface area (Å²) in [7, 11) is 0. The number of Topliss-reactive ketones (excluding diaryl/α,β-unsaturated/α-hetero) is 2. The molecule has 3 aromatic rings. The van der Waals surface area contributed by atoms with Crippen LogP contribution in [0.15, 0.2) is 71.5 Å². The Labute approximate surface area is 138 Å². The van der Waals surface area contributed by atoms with Gasteiger partial charge in [0.1, 0.15) is 5.75 Å². The predicted molar refractivity (Wildman–Crippen MR) is 87.1 cm³/mol. The summed E-state index contributed by atoms with van der Waals surface area (Å²) in [6.07, 6.45) is 2.94. The molecule has 0 fully saturated rings. The summed E-state index contributed by atoms with van der Waals surface area (Å²) in [6.45, 7) is 0. The number of furan rings is 1. The third kappa shape index (κ3) is 3.41. The molecule has 1 aromatic carbocycles. The fourth-order valence-corrected chi connectivity index (χ4v) is 2.49. The fourth-order valence-electron chi connectivity index (χ4n) is 2.49. The molecule has 1 unspecified atom stereocenters. The van der Waals surface area contributed by atoms with E-state index in [1.165, 1.54) is 18.4 Å². The first-order valence-electron chi connectivity index (χ1n) is 7.46. The molecule has 0 aliphatic carbocycles. The molecular weight excluding hydrogens is 306 g/mol. The number of pyridine rings is 1. The molecule has 1 atom stereocenters. The van der Waals surface area contributed by atoms with Crippen LogP contribution in [0.2, 0.25) is 0 Å². The van der Waals surface area contributed by atoms with Crippen LogP contribution in [0.25, 0.3) is 0 Å². The van der Waals surface area contributed by atoms with Crippen LogP contribution in [0.4, 0.5) is 0 Å². The van der Waals surface area contributed by atoms with E-state index >= 15 is 0 Å². The Kier molecular flexibility index (Phi) is 4.52. The van der Waals surface area contributed by atoms with Crippen LogP contribution in [-0.2, 0) is 0 Å². The SMILES string of the molecule is O=C(CC(C(=O)c1ccco1)c1ccccn1)c1cccc(O)c1. The first kappa shape index (κ1) is 15.7. The van der Waals surface area contributed by atoms with E-state index in [-0.39, 0.29) is 29.5 Å². The van der Waals surface area contributed by atoms with Gasteiger partial charge in [0.25, 0.3) is 0 Å². The van der Waals surface area contributed by atoms with E-state index in [2.05, 4.69) is 4.98 Å². The number of carbonyl (C=O) groups is 2. The van der Waals surface area contributed by atoms with Crippen molar-refractivity contribution in [3.05, 3.63) is 84.1 Å². The molecule has 5 nitrogen and oxygen atoms in total. The number of hydrogen-bond acceptors (Lipinski definition) is 5. The van der Waals surface area contributed by atoms with Crippen molar-refractivity contribution >= 4 is 11.6 Å². The molecule has 0 spiro atoms. The van der Waals surface area contributed by atoms with E-state index in [0.717, 1.165) is 0 Å². The number of benzene rings is 1. The van der Waals surface area contributed by atoms with Crippen LogP contribution in [0.5, 0.6) is 5.75 Å².